The van der Waals surface area contributed by atoms with Crippen molar-refractivity contribution in [3.8, 4) is 0 Å². The van der Waals surface area contributed by atoms with Crippen LogP contribution in [0.15, 0.2) is 36.4 Å². The molecule has 0 spiro atoms. The Hall–Kier alpha value is -1.87. The molecule has 0 bridgehead atoms. The highest BCUT2D eigenvalue weighted by Gasteiger charge is 2.33. The van der Waals surface area contributed by atoms with Crippen LogP contribution in [-0.4, -0.2) is 30.6 Å². The van der Waals surface area contributed by atoms with Crippen molar-refractivity contribution in [3.05, 3.63) is 42.0 Å². The molecule has 0 aliphatic carbocycles. The quantitative estimate of drug-likeness (QED) is 0.715. The predicted octanol–water partition coefficient (Wildman–Crippen LogP) is 5.30. The SMILES string of the molecule is CC(O)CN(C)c1ccc2cc(C(=O)C(C)(C)CC(C)(C)C)ccc2c1. The molecular formula is C23H33NO2. The highest BCUT2D eigenvalue weighted by molar-refractivity contribution is 6.03. The third kappa shape index (κ3) is 5.07. The van der Waals surface area contributed by atoms with E-state index in [2.05, 4.69) is 32.9 Å². The van der Waals surface area contributed by atoms with Gasteiger partial charge in [-0.1, -0.05) is 52.8 Å². The van der Waals surface area contributed by atoms with E-state index < -0.39 is 0 Å². The van der Waals surface area contributed by atoms with Crippen molar-refractivity contribution < 1.29 is 9.90 Å². The number of fused-ring (bicyclic) bond motifs is 1. The molecule has 0 heterocycles. The Bertz CT molecular complexity index is 784. The standard InChI is InChI=1S/C23H33NO2/c1-16(25)14-24(7)20-11-10-17-12-19(9-8-18(17)13-20)21(26)23(5,6)15-22(2,3)4/h8-13,16,25H,14-15H2,1-7H3. The van der Waals surface area contributed by atoms with Gasteiger partial charge in [-0.05, 0) is 47.7 Å². The van der Waals surface area contributed by atoms with Gasteiger partial charge < -0.3 is 10.0 Å². The highest BCUT2D eigenvalue weighted by atomic mass is 16.3. The van der Waals surface area contributed by atoms with Crippen molar-refractivity contribution in [3.63, 3.8) is 0 Å². The van der Waals surface area contributed by atoms with Gasteiger partial charge in [-0.2, -0.15) is 0 Å². The van der Waals surface area contributed by atoms with Gasteiger partial charge in [-0.3, -0.25) is 4.79 Å². The summed E-state index contributed by atoms with van der Waals surface area (Å²) in [5.41, 5.74) is 1.56. The van der Waals surface area contributed by atoms with Gasteiger partial charge in [0.05, 0.1) is 6.10 Å². The molecule has 26 heavy (non-hydrogen) atoms. The van der Waals surface area contributed by atoms with Gasteiger partial charge in [0, 0.05) is 30.3 Å². The van der Waals surface area contributed by atoms with Gasteiger partial charge in [0.2, 0.25) is 0 Å². The molecule has 2 aromatic carbocycles. The first kappa shape index (κ1) is 20.4. The Balaban J connectivity index is 2.30. The number of nitrogens with zero attached hydrogens (tertiary/aromatic N) is 1. The summed E-state index contributed by atoms with van der Waals surface area (Å²) in [5, 5.41) is 11.7. The molecular weight excluding hydrogens is 322 g/mol. The van der Waals surface area contributed by atoms with E-state index in [4.69, 9.17) is 0 Å². The molecule has 3 heteroatoms. The average molecular weight is 356 g/mol. The maximum absolute atomic E-state index is 13.0. The molecule has 2 rings (SSSR count). The molecule has 1 unspecified atom stereocenters. The smallest absolute Gasteiger partial charge is 0.168 e. The van der Waals surface area contributed by atoms with Crippen molar-refractivity contribution in [2.24, 2.45) is 10.8 Å². The second kappa shape index (κ2) is 7.40. The molecule has 0 radical (unpaired) electrons. The minimum atomic E-state index is -0.386. The van der Waals surface area contributed by atoms with Crippen LogP contribution in [0, 0.1) is 10.8 Å². The number of likely N-dealkylation sites (N-methyl/N-ethyl adjacent to an activating group) is 1. The highest BCUT2D eigenvalue weighted by Crippen LogP contribution is 2.36. The maximum atomic E-state index is 13.0. The third-order valence-corrected chi connectivity index (χ3v) is 4.65. The summed E-state index contributed by atoms with van der Waals surface area (Å²) in [5.74, 6) is 0.199. The van der Waals surface area contributed by atoms with Gasteiger partial charge in [-0.25, -0.2) is 0 Å². The Morgan fingerprint density at radius 3 is 2.19 bits per heavy atom. The molecule has 2 aromatic rings. The van der Waals surface area contributed by atoms with Crippen molar-refractivity contribution in [2.45, 2.75) is 54.1 Å². The van der Waals surface area contributed by atoms with Crippen LogP contribution in [0.4, 0.5) is 5.69 Å². The number of carbonyl (C=O) groups excluding carboxylic acids is 1. The largest absolute Gasteiger partial charge is 0.392 e. The summed E-state index contributed by atoms with van der Waals surface area (Å²) >= 11 is 0. The summed E-state index contributed by atoms with van der Waals surface area (Å²) in [7, 11) is 1.97. The normalized spacial score (nSPS) is 13.7. The first-order chi connectivity index (χ1) is 11.9. The lowest BCUT2D eigenvalue weighted by molar-refractivity contribution is 0.0770. The fourth-order valence-electron chi connectivity index (χ4n) is 3.91. The van der Waals surface area contributed by atoms with Crippen molar-refractivity contribution in [2.75, 3.05) is 18.5 Å². The molecule has 1 N–H and O–H groups in total. The fourth-order valence-corrected chi connectivity index (χ4v) is 3.91. The number of aliphatic hydroxyl groups is 1. The Labute approximate surface area is 158 Å². The number of ketones is 1. The van der Waals surface area contributed by atoms with Crippen LogP contribution >= 0.6 is 0 Å². The Morgan fingerprint density at radius 1 is 1.04 bits per heavy atom. The van der Waals surface area contributed by atoms with Crippen molar-refractivity contribution >= 4 is 22.2 Å². The van der Waals surface area contributed by atoms with Crippen LogP contribution in [0.5, 0.6) is 0 Å². The summed E-state index contributed by atoms with van der Waals surface area (Å²) < 4.78 is 0. The molecule has 142 valence electrons. The number of Topliss-reactive ketones (excluding diaryl/α,β-unsaturated/α-hetero) is 1. The molecule has 0 saturated carbocycles. The number of hydrogen-bond donors (Lipinski definition) is 1. The minimum Gasteiger partial charge on any atom is -0.392 e. The number of carbonyl (C=O) groups is 1. The summed E-state index contributed by atoms with van der Waals surface area (Å²) in [4.78, 5) is 15.1. The maximum Gasteiger partial charge on any atom is 0.168 e. The van der Waals surface area contributed by atoms with Crippen LogP contribution < -0.4 is 4.90 Å². The van der Waals surface area contributed by atoms with Gasteiger partial charge >= 0.3 is 0 Å². The number of anilines is 1. The van der Waals surface area contributed by atoms with Crippen LogP contribution in [0.1, 0.15) is 58.3 Å². The summed E-state index contributed by atoms with van der Waals surface area (Å²) in [6, 6.07) is 12.2. The molecule has 0 saturated heterocycles. The lowest BCUT2D eigenvalue weighted by Crippen LogP contribution is -2.29. The van der Waals surface area contributed by atoms with E-state index >= 15 is 0 Å². The molecule has 0 aliphatic heterocycles. The number of aliphatic hydroxyl groups excluding tert-OH is 1. The van der Waals surface area contributed by atoms with Gasteiger partial charge in [0.1, 0.15) is 0 Å². The van der Waals surface area contributed by atoms with E-state index in [1.54, 1.807) is 6.92 Å². The van der Waals surface area contributed by atoms with E-state index in [0.717, 1.165) is 28.4 Å². The predicted molar refractivity (Wildman–Crippen MR) is 111 cm³/mol. The molecule has 0 fully saturated rings. The van der Waals surface area contributed by atoms with Crippen LogP contribution in [0.3, 0.4) is 0 Å². The lowest BCUT2D eigenvalue weighted by atomic mass is 9.72. The van der Waals surface area contributed by atoms with Crippen molar-refractivity contribution in [1.82, 2.24) is 0 Å². The fraction of sp³-hybridized carbons (Fsp3) is 0.522. The van der Waals surface area contributed by atoms with Gasteiger partial charge in [-0.15, -0.1) is 0 Å². The van der Waals surface area contributed by atoms with E-state index in [1.165, 1.54) is 0 Å². The van der Waals surface area contributed by atoms with Crippen molar-refractivity contribution in [1.29, 1.82) is 0 Å². The average Bonchev–Trinajstić information content (AvgIpc) is 2.50. The van der Waals surface area contributed by atoms with Gasteiger partial charge in [0.15, 0.2) is 5.78 Å². The second-order valence-electron chi connectivity index (χ2n) is 9.43. The molecule has 0 aromatic heterocycles. The zero-order valence-electron chi connectivity index (χ0n) is 17.3. The molecule has 1 atom stereocenters. The van der Waals surface area contributed by atoms with E-state index in [9.17, 15) is 9.90 Å². The first-order valence-electron chi connectivity index (χ1n) is 9.37. The number of hydrogen-bond acceptors (Lipinski definition) is 3. The summed E-state index contributed by atoms with van der Waals surface area (Å²) in [6.45, 7) is 13.0. The zero-order valence-corrected chi connectivity index (χ0v) is 17.3. The zero-order chi connectivity index (χ0) is 19.7. The Morgan fingerprint density at radius 2 is 1.62 bits per heavy atom. The number of rotatable bonds is 6. The number of benzene rings is 2. The van der Waals surface area contributed by atoms with Crippen LogP contribution in [0.25, 0.3) is 10.8 Å². The first-order valence-corrected chi connectivity index (χ1v) is 9.37. The van der Waals surface area contributed by atoms with Crippen LogP contribution in [-0.2, 0) is 0 Å². The van der Waals surface area contributed by atoms with E-state index in [1.807, 2.05) is 50.1 Å². The topological polar surface area (TPSA) is 40.5 Å². The third-order valence-electron chi connectivity index (χ3n) is 4.65. The monoisotopic (exact) mass is 355 g/mol. The lowest BCUT2D eigenvalue weighted by Gasteiger charge is -2.31. The molecule has 0 amide bonds. The summed E-state index contributed by atoms with van der Waals surface area (Å²) in [6.07, 6.45) is 0.473. The molecule has 0 aliphatic rings. The minimum absolute atomic E-state index is 0.110. The van der Waals surface area contributed by atoms with E-state index in [0.29, 0.717) is 6.54 Å². The second-order valence-corrected chi connectivity index (χ2v) is 9.43. The van der Waals surface area contributed by atoms with Crippen LogP contribution in [0.2, 0.25) is 0 Å². The molecule has 3 nitrogen and oxygen atoms in total. The Kier molecular flexibility index (Phi) is 5.82. The van der Waals surface area contributed by atoms with Gasteiger partial charge in [0.25, 0.3) is 0 Å². The van der Waals surface area contributed by atoms with E-state index in [-0.39, 0.29) is 22.7 Å².